The molecule has 0 aliphatic carbocycles. The third-order valence-electron chi connectivity index (χ3n) is 6.84. The van der Waals surface area contributed by atoms with Crippen LogP contribution in [0.4, 0.5) is 11.4 Å². The zero-order chi connectivity index (χ0) is 30.2. The molecule has 1 aliphatic rings. The van der Waals surface area contributed by atoms with Gasteiger partial charge in [0.1, 0.15) is 0 Å². The second-order valence-corrected chi connectivity index (χ2v) is 10.9. The first-order valence-corrected chi connectivity index (χ1v) is 15.1. The Labute approximate surface area is 260 Å². The van der Waals surface area contributed by atoms with Gasteiger partial charge in [-0.3, -0.25) is 9.69 Å². The Bertz CT molecular complexity index is 1680. The second-order valence-electron chi connectivity index (χ2n) is 9.50. The van der Waals surface area contributed by atoms with E-state index in [-0.39, 0.29) is 29.4 Å². The van der Waals surface area contributed by atoms with Crippen molar-refractivity contribution in [2.45, 2.75) is 12.8 Å². The Kier molecular flexibility index (Phi) is 9.63. The highest BCUT2D eigenvalue weighted by molar-refractivity contribution is 8.03. The number of nitriles is 1. The zero-order valence-corrected chi connectivity index (χ0v) is 24.9. The van der Waals surface area contributed by atoms with E-state index in [1.165, 1.54) is 11.8 Å². The maximum absolute atomic E-state index is 13.9. The molecule has 0 saturated carbocycles. The Morgan fingerprint density at radius 1 is 0.884 bits per heavy atom. The van der Waals surface area contributed by atoms with Crippen LogP contribution in [0.1, 0.15) is 24.0 Å². The monoisotopic (exact) mass is 605 g/mol. The van der Waals surface area contributed by atoms with Crippen LogP contribution in [-0.4, -0.2) is 24.2 Å². The number of thioether (sulfide) groups is 1. The molecule has 0 spiro atoms. The summed E-state index contributed by atoms with van der Waals surface area (Å²) in [6.45, 7) is 1.90. The van der Waals surface area contributed by atoms with E-state index in [9.17, 15) is 14.9 Å². The Morgan fingerprint density at radius 2 is 1.44 bits per heavy atom. The summed E-state index contributed by atoms with van der Waals surface area (Å²) < 4.78 is 5.50. The summed E-state index contributed by atoms with van der Waals surface area (Å²) in [5.74, 6) is -1.52. The molecule has 1 N–H and O–H groups in total. The minimum absolute atomic E-state index is 0.0172. The molecular formula is C35H28ClN3O3S. The van der Waals surface area contributed by atoms with E-state index in [1.807, 2.05) is 97.1 Å². The molecule has 43 heavy (non-hydrogen) atoms. The number of para-hydroxylation sites is 2. The lowest BCUT2D eigenvalue weighted by molar-refractivity contribution is -0.138. The van der Waals surface area contributed by atoms with Gasteiger partial charge < -0.3 is 10.1 Å². The number of nitrogens with zero attached hydrogens (tertiary/aromatic N) is 2. The average Bonchev–Trinajstić information content (AvgIpc) is 3.05. The SMILES string of the molecule is CCOC(=O)C1=C(c2ccccc2)NC(SCC(=O)N(c2ccccc2)c2ccccc2)=C(C#N)C1c1ccccc1Cl. The van der Waals surface area contributed by atoms with E-state index < -0.39 is 11.9 Å². The molecule has 4 aromatic carbocycles. The van der Waals surface area contributed by atoms with Gasteiger partial charge in [0.05, 0.1) is 46.2 Å². The van der Waals surface area contributed by atoms with Gasteiger partial charge in [-0.15, -0.1) is 0 Å². The molecular weight excluding hydrogens is 578 g/mol. The molecule has 0 radical (unpaired) electrons. The molecule has 1 atom stereocenters. The number of anilines is 2. The average molecular weight is 606 g/mol. The van der Waals surface area contributed by atoms with Crippen molar-refractivity contribution >= 4 is 52.3 Å². The van der Waals surface area contributed by atoms with Gasteiger partial charge in [-0.25, -0.2) is 4.79 Å². The van der Waals surface area contributed by atoms with E-state index in [2.05, 4.69) is 11.4 Å². The fraction of sp³-hybridized carbons (Fsp3) is 0.114. The third-order valence-corrected chi connectivity index (χ3v) is 8.19. The van der Waals surface area contributed by atoms with E-state index in [4.69, 9.17) is 16.3 Å². The summed E-state index contributed by atoms with van der Waals surface area (Å²) in [6, 6.07) is 37.7. The topological polar surface area (TPSA) is 82.4 Å². The van der Waals surface area contributed by atoms with Crippen LogP contribution in [0, 0.1) is 11.3 Å². The van der Waals surface area contributed by atoms with Gasteiger partial charge >= 0.3 is 5.97 Å². The molecule has 0 bridgehead atoms. The van der Waals surface area contributed by atoms with Crippen molar-refractivity contribution in [3.8, 4) is 6.07 Å². The third kappa shape index (κ3) is 6.51. The summed E-state index contributed by atoms with van der Waals surface area (Å²) in [7, 11) is 0. The molecule has 1 heterocycles. The van der Waals surface area contributed by atoms with Crippen LogP contribution < -0.4 is 10.2 Å². The summed E-state index contributed by atoms with van der Waals surface area (Å²) in [6.07, 6.45) is 0. The lowest BCUT2D eigenvalue weighted by Crippen LogP contribution is -2.31. The molecule has 1 aliphatic heterocycles. The van der Waals surface area contributed by atoms with Crippen LogP contribution in [-0.2, 0) is 14.3 Å². The van der Waals surface area contributed by atoms with Crippen molar-refractivity contribution in [1.82, 2.24) is 5.32 Å². The normalized spacial score (nSPS) is 14.5. The highest BCUT2D eigenvalue weighted by Crippen LogP contribution is 2.45. The fourth-order valence-corrected chi connectivity index (χ4v) is 6.10. The number of benzene rings is 4. The predicted octanol–water partition coefficient (Wildman–Crippen LogP) is 7.83. The fourth-order valence-electron chi connectivity index (χ4n) is 4.97. The molecule has 6 nitrogen and oxygen atoms in total. The number of carbonyl (C=O) groups excluding carboxylic acids is 2. The van der Waals surface area contributed by atoms with Gasteiger partial charge in [-0.2, -0.15) is 5.26 Å². The van der Waals surface area contributed by atoms with Crippen LogP contribution in [0.15, 0.2) is 131 Å². The molecule has 5 rings (SSSR count). The van der Waals surface area contributed by atoms with Crippen LogP contribution in [0.2, 0.25) is 5.02 Å². The number of carbonyl (C=O) groups is 2. The van der Waals surface area contributed by atoms with Crippen LogP contribution in [0.5, 0.6) is 0 Å². The summed E-state index contributed by atoms with van der Waals surface area (Å²) in [4.78, 5) is 29.1. The van der Waals surface area contributed by atoms with Crippen molar-refractivity contribution in [3.05, 3.63) is 148 Å². The van der Waals surface area contributed by atoms with E-state index in [1.54, 1.807) is 30.0 Å². The van der Waals surface area contributed by atoms with Gasteiger partial charge in [0, 0.05) is 16.4 Å². The Hall–Kier alpha value is -4.77. The number of amides is 1. The smallest absolute Gasteiger partial charge is 0.337 e. The highest BCUT2D eigenvalue weighted by Gasteiger charge is 2.38. The van der Waals surface area contributed by atoms with E-state index in [0.29, 0.717) is 21.3 Å². The molecule has 8 heteroatoms. The number of rotatable bonds is 9. The zero-order valence-electron chi connectivity index (χ0n) is 23.4. The predicted molar refractivity (Wildman–Crippen MR) is 172 cm³/mol. The van der Waals surface area contributed by atoms with Crippen LogP contribution >= 0.6 is 23.4 Å². The van der Waals surface area contributed by atoms with Crippen molar-refractivity contribution in [1.29, 1.82) is 5.26 Å². The van der Waals surface area contributed by atoms with Crippen molar-refractivity contribution in [2.75, 3.05) is 17.3 Å². The second kappa shape index (κ2) is 13.9. The highest BCUT2D eigenvalue weighted by atomic mass is 35.5. The Morgan fingerprint density at radius 3 is 2.00 bits per heavy atom. The largest absolute Gasteiger partial charge is 0.463 e. The first kappa shape index (κ1) is 29.7. The number of allylic oxidation sites excluding steroid dienone is 1. The Balaban J connectivity index is 1.59. The molecule has 0 saturated heterocycles. The number of halogens is 1. The van der Waals surface area contributed by atoms with Crippen LogP contribution in [0.3, 0.4) is 0 Å². The summed E-state index contributed by atoms with van der Waals surface area (Å²) in [5, 5.41) is 14.7. The number of nitrogens with one attached hydrogen (secondary N) is 1. The van der Waals surface area contributed by atoms with Crippen molar-refractivity contribution in [3.63, 3.8) is 0 Å². The maximum atomic E-state index is 13.9. The molecule has 0 aromatic heterocycles. The van der Waals surface area contributed by atoms with Gasteiger partial charge in [0.2, 0.25) is 5.91 Å². The summed E-state index contributed by atoms with van der Waals surface area (Å²) in [5.41, 5.74) is 3.85. The first-order valence-electron chi connectivity index (χ1n) is 13.7. The number of ether oxygens (including phenoxy) is 1. The standard InChI is InChI=1S/C35H28ClN3O3S/c1-2-42-35(41)32-31(27-20-12-13-21-29(27)36)28(22-37)34(38-33(32)24-14-6-3-7-15-24)43-23-30(40)39(25-16-8-4-9-17-25)26-18-10-5-11-19-26/h3-21,31,38H,2,23H2,1H3. The van der Waals surface area contributed by atoms with Crippen molar-refractivity contribution < 1.29 is 14.3 Å². The number of hydrogen-bond acceptors (Lipinski definition) is 6. The number of esters is 1. The molecule has 0 fully saturated rings. The maximum Gasteiger partial charge on any atom is 0.337 e. The molecule has 1 amide bonds. The lowest BCUT2D eigenvalue weighted by atomic mass is 9.81. The molecule has 214 valence electrons. The van der Waals surface area contributed by atoms with Gasteiger partial charge in [0.25, 0.3) is 0 Å². The van der Waals surface area contributed by atoms with E-state index >= 15 is 0 Å². The lowest BCUT2D eigenvalue weighted by Gasteiger charge is -2.31. The molecule has 4 aromatic rings. The van der Waals surface area contributed by atoms with Gasteiger partial charge in [-0.1, -0.05) is 108 Å². The van der Waals surface area contributed by atoms with Gasteiger partial charge in [0.15, 0.2) is 0 Å². The van der Waals surface area contributed by atoms with Gasteiger partial charge in [-0.05, 0) is 48.4 Å². The van der Waals surface area contributed by atoms with Crippen LogP contribution in [0.25, 0.3) is 5.70 Å². The minimum atomic E-state index is -0.814. The number of hydrogen-bond donors (Lipinski definition) is 1. The number of dihydropyridines is 1. The summed E-state index contributed by atoms with van der Waals surface area (Å²) >= 11 is 7.89. The quantitative estimate of drug-likeness (QED) is 0.196. The van der Waals surface area contributed by atoms with Crippen molar-refractivity contribution in [2.24, 2.45) is 0 Å². The first-order chi connectivity index (χ1) is 21.0. The molecule has 1 unspecified atom stereocenters. The minimum Gasteiger partial charge on any atom is -0.463 e. The van der Waals surface area contributed by atoms with E-state index in [0.717, 1.165) is 16.9 Å².